The molecule has 0 unspecified atom stereocenters. The molecule has 0 aliphatic heterocycles. The van der Waals surface area contributed by atoms with Crippen LogP contribution in [0.4, 0.5) is 0 Å². The van der Waals surface area contributed by atoms with Crippen LogP contribution < -0.4 is 11.1 Å². The summed E-state index contributed by atoms with van der Waals surface area (Å²) in [5.74, 6) is -0.837. The van der Waals surface area contributed by atoms with Crippen LogP contribution in [-0.4, -0.2) is 40.5 Å². The summed E-state index contributed by atoms with van der Waals surface area (Å²) in [4.78, 5) is 22.7. The number of likely N-dealkylation sites (N-methyl/N-ethyl adjacent to an activating group) is 1. The van der Waals surface area contributed by atoms with Crippen LogP contribution in [0, 0.1) is 0 Å². The fourth-order valence-electron chi connectivity index (χ4n) is 1.23. The molecule has 0 atom stereocenters. The van der Waals surface area contributed by atoms with Gasteiger partial charge in [0, 0.05) is 13.6 Å². The van der Waals surface area contributed by atoms with E-state index in [9.17, 15) is 9.59 Å². The Morgan fingerprint density at radius 1 is 1.53 bits per heavy atom. The van der Waals surface area contributed by atoms with Gasteiger partial charge < -0.3 is 15.8 Å². The summed E-state index contributed by atoms with van der Waals surface area (Å²) in [6.07, 6.45) is 0. The summed E-state index contributed by atoms with van der Waals surface area (Å²) in [5, 5.41) is 9.82. The molecule has 0 aromatic carbocycles. The van der Waals surface area contributed by atoms with Gasteiger partial charge in [0.15, 0.2) is 5.69 Å². The third-order valence-electron chi connectivity index (χ3n) is 2.07. The molecule has 1 aromatic heterocycles. The van der Waals surface area contributed by atoms with E-state index in [1.54, 1.807) is 6.92 Å². The van der Waals surface area contributed by atoms with Gasteiger partial charge in [0.2, 0.25) is 5.91 Å². The monoisotopic (exact) mass is 241 g/mol. The molecule has 8 heteroatoms. The average molecular weight is 241 g/mol. The SMILES string of the molecule is CCOC(=O)c1nnn(CC(=O)NC)c1CN. The summed E-state index contributed by atoms with van der Waals surface area (Å²) >= 11 is 0. The maximum Gasteiger partial charge on any atom is 0.360 e. The van der Waals surface area contributed by atoms with Crippen molar-refractivity contribution in [3.8, 4) is 0 Å². The number of aromatic nitrogens is 3. The normalized spacial score (nSPS) is 10.1. The van der Waals surface area contributed by atoms with Gasteiger partial charge in [0.25, 0.3) is 0 Å². The van der Waals surface area contributed by atoms with Crippen LogP contribution in [0.3, 0.4) is 0 Å². The van der Waals surface area contributed by atoms with Gasteiger partial charge >= 0.3 is 5.97 Å². The number of ether oxygens (including phenoxy) is 1. The largest absolute Gasteiger partial charge is 0.461 e. The predicted molar refractivity (Wildman–Crippen MR) is 57.9 cm³/mol. The zero-order chi connectivity index (χ0) is 12.8. The molecule has 0 saturated heterocycles. The number of carbonyl (C=O) groups is 2. The number of rotatable bonds is 5. The maximum absolute atomic E-state index is 11.5. The van der Waals surface area contributed by atoms with E-state index in [-0.39, 0.29) is 31.3 Å². The Morgan fingerprint density at radius 2 is 2.24 bits per heavy atom. The first-order valence-corrected chi connectivity index (χ1v) is 5.14. The first kappa shape index (κ1) is 13.1. The summed E-state index contributed by atoms with van der Waals surface area (Å²) in [5.41, 5.74) is 5.94. The molecule has 0 aliphatic rings. The molecule has 1 aromatic rings. The first-order chi connectivity index (χ1) is 8.13. The standard InChI is InChI=1S/C9H15N5O3/c1-3-17-9(16)8-6(4-10)14(13-12-8)5-7(15)11-2/h3-5,10H2,1-2H3,(H,11,15). The lowest BCUT2D eigenvalue weighted by atomic mass is 10.3. The number of nitrogens with zero attached hydrogens (tertiary/aromatic N) is 3. The Balaban J connectivity index is 2.94. The van der Waals surface area contributed by atoms with Crippen LogP contribution in [0.5, 0.6) is 0 Å². The van der Waals surface area contributed by atoms with E-state index in [0.717, 1.165) is 0 Å². The minimum absolute atomic E-state index is 0.0323. The Morgan fingerprint density at radius 3 is 2.76 bits per heavy atom. The molecule has 0 aliphatic carbocycles. The Hall–Kier alpha value is -1.96. The van der Waals surface area contributed by atoms with Gasteiger partial charge in [-0.2, -0.15) is 0 Å². The lowest BCUT2D eigenvalue weighted by molar-refractivity contribution is -0.121. The quantitative estimate of drug-likeness (QED) is 0.617. The number of hydrogen-bond acceptors (Lipinski definition) is 6. The molecule has 1 heterocycles. The van der Waals surface area contributed by atoms with Crippen LogP contribution in [0.2, 0.25) is 0 Å². The van der Waals surface area contributed by atoms with Crippen LogP contribution >= 0.6 is 0 Å². The van der Waals surface area contributed by atoms with Crippen LogP contribution in [0.1, 0.15) is 23.1 Å². The summed E-state index contributed by atoms with van der Waals surface area (Å²) in [6, 6.07) is 0. The highest BCUT2D eigenvalue weighted by Gasteiger charge is 2.20. The van der Waals surface area contributed by atoms with Crippen molar-refractivity contribution in [3.05, 3.63) is 11.4 Å². The minimum Gasteiger partial charge on any atom is -0.461 e. The van der Waals surface area contributed by atoms with E-state index in [2.05, 4.69) is 15.6 Å². The number of hydrogen-bond donors (Lipinski definition) is 2. The number of nitrogens with two attached hydrogens (primary N) is 1. The fraction of sp³-hybridized carbons (Fsp3) is 0.556. The average Bonchev–Trinajstić information content (AvgIpc) is 2.72. The summed E-state index contributed by atoms with van der Waals surface area (Å²) in [6.45, 7) is 1.95. The summed E-state index contributed by atoms with van der Waals surface area (Å²) < 4.78 is 6.09. The Kier molecular flexibility index (Phi) is 4.58. The molecule has 1 amide bonds. The van der Waals surface area contributed by atoms with Crippen LogP contribution in [0.25, 0.3) is 0 Å². The van der Waals surface area contributed by atoms with E-state index < -0.39 is 5.97 Å². The first-order valence-electron chi connectivity index (χ1n) is 5.14. The van der Waals surface area contributed by atoms with E-state index in [0.29, 0.717) is 5.69 Å². The van der Waals surface area contributed by atoms with E-state index in [1.807, 2.05) is 0 Å². The van der Waals surface area contributed by atoms with Gasteiger partial charge in [-0.05, 0) is 6.92 Å². The Labute approximate surface area is 98.1 Å². The molecular formula is C9H15N5O3. The van der Waals surface area contributed by atoms with Gasteiger partial charge in [-0.3, -0.25) is 4.79 Å². The number of amides is 1. The molecular weight excluding hydrogens is 226 g/mol. The van der Waals surface area contributed by atoms with Crippen molar-refractivity contribution in [1.82, 2.24) is 20.3 Å². The van der Waals surface area contributed by atoms with E-state index in [4.69, 9.17) is 10.5 Å². The molecule has 8 nitrogen and oxygen atoms in total. The van der Waals surface area contributed by atoms with Crippen molar-refractivity contribution < 1.29 is 14.3 Å². The molecule has 17 heavy (non-hydrogen) atoms. The van der Waals surface area contributed by atoms with Crippen molar-refractivity contribution in [1.29, 1.82) is 0 Å². The third-order valence-corrected chi connectivity index (χ3v) is 2.07. The number of nitrogens with one attached hydrogen (secondary N) is 1. The number of carbonyl (C=O) groups excluding carboxylic acids is 2. The van der Waals surface area contributed by atoms with Gasteiger partial charge in [0.05, 0.1) is 12.3 Å². The van der Waals surface area contributed by atoms with Crippen LogP contribution in [0.15, 0.2) is 0 Å². The topological polar surface area (TPSA) is 112 Å². The second-order valence-corrected chi connectivity index (χ2v) is 3.14. The van der Waals surface area contributed by atoms with Crippen molar-refractivity contribution in [3.63, 3.8) is 0 Å². The highest BCUT2D eigenvalue weighted by Crippen LogP contribution is 2.06. The second-order valence-electron chi connectivity index (χ2n) is 3.14. The highest BCUT2D eigenvalue weighted by molar-refractivity contribution is 5.88. The molecule has 1 rings (SSSR count). The maximum atomic E-state index is 11.5. The van der Waals surface area contributed by atoms with E-state index in [1.165, 1.54) is 11.7 Å². The lowest BCUT2D eigenvalue weighted by Crippen LogP contribution is -2.26. The zero-order valence-electron chi connectivity index (χ0n) is 9.77. The molecule has 0 fully saturated rings. The molecule has 0 bridgehead atoms. The predicted octanol–water partition coefficient (Wildman–Crippen LogP) is -1.34. The molecule has 3 N–H and O–H groups in total. The third kappa shape index (κ3) is 3.00. The minimum atomic E-state index is -0.587. The van der Waals surface area contributed by atoms with Gasteiger partial charge in [-0.25, -0.2) is 9.48 Å². The zero-order valence-corrected chi connectivity index (χ0v) is 9.77. The fourth-order valence-corrected chi connectivity index (χ4v) is 1.23. The Bertz CT molecular complexity index is 415. The highest BCUT2D eigenvalue weighted by atomic mass is 16.5. The molecule has 0 spiro atoms. The van der Waals surface area contributed by atoms with Crippen molar-refractivity contribution in [2.75, 3.05) is 13.7 Å². The van der Waals surface area contributed by atoms with Gasteiger partial charge in [-0.15, -0.1) is 5.10 Å². The molecule has 0 radical (unpaired) electrons. The van der Waals surface area contributed by atoms with Crippen molar-refractivity contribution in [2.45, 2.75) is 20.0 Å². The van der Waals surface area contributed by atoms with Gasteiger partial charge in [0.1, 0.15) is 6.54 Å². The van der Waals surface area contributed by atoms with Crippen molar-refractivity contribution in [2.24, 2.45) is 5.73 Å². The molecule has 94 valence electrons. The second kappa shape index (κ2) is 5.94. The smallest absolute Gasteiger partial charge is 0.360 e. The lowest BCUT2D eigenvalue weighted by Gasteiger charge is -2.04. The van der Waals surface area contributed by atoms with Crippen molar-refractivity contribution >= 4 is 11.9 Å². The van der Waals surface area contributed by atoms with Crippen LogP contribution in [-0.2, 0) is 22.6 Å². The number of esters is 1. The summed E-state index contributed by atoms with van der Waals surface area (Å²) in [7, 11) is 1.51. The molecule has 0 saturated carbocycles. The van der Waals surface area contributed by atoms with E-state index >= 15 is 0 Å². The van der Waals surface area contributed by atoms with Gasteiger partial charge in [-0.1, -0.05) is 5.21 Å².